The van der Waals surface area contributed by atoms with Gasteiger partial charge in [0, 0.05) is 34.9 Å². The number of ether oxygens (including phenoxy) is 4. The lowest BCUT2D eigenvalue weighted by molar-refractivity contribution is -0.120. The highest BCUT2D eigenvalue weighted by Crippen LogP contribution is 2.31. The van der Waals surface area contributed by atoms with Crippen molar-refractivity contribution < 1.29 is 28.0 Å². The quantitative estimate of drug-likeness (QED) is 0.102. The van der Waals surface area contributed by atoms with Crippen molar-refractivity contribution in [1.29, 1.82) is 0 Å². The molecule has 1 amide bonds. The minimum atomic E-state index is -0.00962. The fourth-order valence-electron chi connectivity index (χ4n) is 2.67. The van der Waals surface area contributed by atoms with Crippen molar-refractivity contribution in [2.75, 3.05) is 71.8 Å². The van der Waals surface area contributed by atoms with Crippen molar-refractivity contribution in [3.8, 4) is 0 Å². The molecular weight excluding hydrogens is 498 g/mol. The molecule has 0 spiro atoms. The molecule has 0 aliphatic rings. The number of carbonyl (C=O) groups is 1. The number of carbonyl (C=O) groups excluding carboxylic acids is 1. The molecule has 10 heteroatoms. The van der Waals surface area contributed by atoms with E-state index in [0.717, 1.165) is 36.5 Å². The van der Waals surface area contributed by atoms with Gasteiger partial charge in [-0.15, -0.1) is 0 Å². The van der Waals surface area contributed by atoms with Crippen LogP contribution in [0.3, 0.4) is 0 Å². The van der Waals surface area contributed by atoms with Crippen molar-refractivity contribution in [1.82, 2.24) is 10.6 Å². The minimum absolute atomic E-state index is 0. The maximum absolute atomic E-state index is 12.1. The SMILES string of the molecule is CC.CC(C)NCCOCCOCCOCCNC(=O)Cc1ccc(SSCOCCCCN)cc1.[HH].[HH].[HH]. The van der Waals surface area contributed by atoms with E-state index in [1.807, 2.05) is 38.1 Å². The highest BCUT2D eigenvalue weighted by molar-refractivity contribution is 8.76. The molecule has 0 aliphatic carbocycles. The number of hydrogen-bond donors (Lipinski definition) is 3. The van der Waals surface area contributed by atoms with Crippen molar-refractivity contribution in [2.24, 2.45) is 5.73 Å². The van der Waals surface area contributed by atoms with E-state index in [1.165, 1.54) is 0 Å². The molecule has 216 valence electrons. The van der Waals surface area contributed by atoms with Crippen LogP contribution < -0.4 is 16.4 Å². The zero-order valence-corrected chi connectivity index (χ0v) is 24.4. The Bertz CT molecular complexity index is 625. The maximum Gasteiger partial charge on any atom is 0.224 e. The molecule has 36 heavy (non-hydrogen) atoms. The number of amides is 1. The van der Waals surface area contributed by atoms with Crippen molar-refractivity contribution >= 4 is 27.5 Å². The predicted molar refractivity (Wildman–Crippen MR) is 159 cm³/mol. The lowest BCUT2D eigenvalue weighted by atomic mass is 10.1. The second kappa shape index (κ2) is 27.2. The van der Waals surface area contributed by atoms with Crippen LogP contribution in [0.5, 0.6) is 0 Å². The van der Waals surface area contributed by atoms with Gasteiger partial charge in [-0.05, 0) is 37.1 Å². The van der Waals surface area contributed by atoms with E-state index >= 15 is 0 Å². The number of rotatable bonds is 23. The van der Waals surface area contributed by atoms with Crippen LogP contribution in [0.2, 0.25) is 0 Å². The molecule has 0 atom stereocenters. The van der Waals surface area contributed by atoms with Gasteiger partial charge in [-0.2, -0.15) is 0 Å². The molecule has 0 unspecified atom stereocenters. The molecule has 1 rings (SSSR count). The van der Waals surface area contributed by atoms with Gasteiger partial charge in [0.2, 0.25) is 5.91 Å². The smallest absolute Gasteiger partial charge is 0.224 e. The van der Waals surface area contributed by atoms with Crippen LogP contribution in [0.4, 0.5) is 0 Å². The van der Waals surface area contributed by atoms with Crippen LogP contribution in [0, 0.1) is 0 Å². The Labute approximate surface area is 231 Å². The largest absolute Gasteiger partial charge is 0.378 e. The zero-order valence-electron chi connectivity index (χ0n) is 22.7. The van der Waals surface area contributed by atoms with Gasteiger partial charge in [0.25, 0.3) is 0 Å². The van der Waals surface area contributed by atoms with Gasteiger partial charge >= 0.3 is 0 Å². The Morgan fingerprint density at radius 2 is 1.50 bits per heavy atom. The van der Waals surface area contributed by atoms with Crippen molar-refractivity contribution in [3.05, 3.63) is 29.8 Å². The number of nitrogens with one attached hydrogen (secondary N) is 2. The first-order valence-corrected chi connectivity index (χ1v) is 15.3. The van der Waals surface area contributed by atoms with Gasteiger partial charge < -0.3 is 35.3 Å². The van der Waals surface area contributed by atoms with E-state index in [9.17, 15) is 4.79 Å². The standard InChI is InChI=1S/C24H43N3O5S2.C2H6.3H2/c1-21(2)26-10-13-29-15-17-31-18-16-30-14-11-27-24(28)19-22-5-7-23(8-6-22)34-33-20-32-12-4-3-9-25;1-2;;;/h5-8,21,26H,3-4,9-20,25H2,1-2H3,(H,27,28);1-2H3;3*1H. The highest BCUT2D eigenvalue weighted by Gasteiger charge is 2.04. The Morgan fingerprint density at radius 1 is 0.889 bits per heavy atom. The average molecular weight is 554 g/mol. The molecule has 8 nitrogen and oxygen atoms in total. The lowest BCUT2D eigenvalue weighted by Gasteiger charge is -2.09. The Balaban J connectivity index is -0.00000119. The highest BCUT2D eigenvalue weighted by atomic mass is 33.1. The van der Waals surface area contributed by atoms with Gasteiger partial charge in [0.05, 0.1) is 46.1 Å². The van der Waals surface area contributed by atoms with E-state index in [1.54, 1.807) is 21.6 Å². The molecule has 1 aromatic carbocycles. The summed E-state index contributed by atoms with van der Waals surface area (Å²) in [6.45, 7) is 14.3. The fraction of sp³-hybridized carbons (Fsp3) is 0.731. The molecule has 0 radical (unpaired) electrons. The van der Waals surface area contributed by atoms with Crippen LogP contribution in [0.1, 0.15) is 50.4 Å². The van der Waals surface area contributed by atoms with Crippen LogP contribution in [0.25, 0.3) is 0 Å². The van der Waals surface area contributed by atoms with Crippen LogP contribution >= 0.6 is 21.6 Å². The summed E-state index contributed by atoms with van der Waals surface area (Å²) < 4.78 is 21.9. The summed E-state index contributed by atoms with van der Waals surface area (Å²) in [5, 5.41) is 6.17. The number of unbranched alkanes of at least 4 members (excludes halogenated alkanes) is 1. The Hall–Kier alpha value is -0.850. The van der Waals surface area contributed by atoms with Crippen molar-refractivity contribution in [3.63, 3.8) is 0 Å². The molecule has 0 fully saturated rings. The number of hydrogen-bond acceptors (Lipinski definition) is 9. The molecule has 0 aromatic heterocycles. The first kappa shape index (κ1) is 35.2. The van der Waals surface area contributed by atoms with Gasteiger partial charge in [0.15, 0.2) is 0 Å². The summed E-state index contributed by atoms with van der Waals surface area (Å²) in [7, 11) is 3.34. The third-order valence-corrected chi connectivity index (χ3v) is 6.49. The first-order chi connectivity index (χ1) is 17.6. The van der Waals surface area contributed by atoms with Gasteiger partial charge in [0.1, 0.15) is 5.94 Å². The van der Waals surface area contributed by atoms with E-state index in [2.05, 4.69) is 24.5 Å². The molecular formula is C26H55N3O5S2. The second-order valence-corrected chi connectivity index (χ2v) is 10.2. The minimum Gasteiger partial charge on any atom is -0.378 e. The monoisotopic (exact) mass is 553 g/mol. The normalized spacial score (nSPS) is 10.8. The van der Waals surface area contributed by atoms with Gasteiger partial charge in [-0.1, -0.05) is 61.4 Å². The Morgan fingerprint density at radius 3 is 2.11 bits per heavy atom. The van der Waals surface area contributed by atoms with Gasteiger partial charge in [-0.3, -0.25) is 4.79 Å². The number of nitrogens with two attached hydrogens (primary N) is 1. The molecule has 0 saturated carbocycles. The Kier molecular flexibility index (Phi) is 26.5. The van der Waals surface area contributed by atoms with Crippen LogP contribution in [-0.4, -0.2) is 83.8 Å². The number of benzene rings is 1. The predicted octanol–water partition coefficient (Wildman–Crippen LogP) is 4.61. The second-order valence-electron chi connectivity index (χ2n) is 7.84. The van der Waals surface area contributed by atoms with E-state index in [0.29, 0.717) is 71.1 Å². The molecule has 1 aromatic rings. The summed E-state index contributed by atoms with van der Waals surface area (Å²) in [6, 6.07) is 8.52. The maximum atomic E-state index is 12.1. The average Bonchev–Trinajstić information content (AvgIpc) is 2.88. The molecule has 0 saturated heterocycles. The summed E-state index contributed by atoms with van der Waals surface area (Å²) >= 11 is 0. The van der Waals surface area contributed by atoms with E-state index in [4.69, 9.17) is 24.7 Å². The van der Waals surface area contributed by atoms with Crippen LogP contribution in [-0.2, 0) is 30.2 Å². The summed E-state index contributed by atoms with van der Waals surface area (Å²) in [6.07, 6.45) is 2.37. The van der Waals surface area contributed by atoms with Gasteiger partial charge in [-0.25, -0.2) is 0 Å². The van der Waals surface area contributed by atoms with E-state index < -0.39 is 0 Å². The molecule has 4 N–H and O–H groups in total. The third-order valence-electron chi connectivity index (χ3n) is 4.43. The summed E-state index contributed by atoms with van der Waals surface area (Å²) in [5.74, 6) is 0.642. The molecule has 0 bridgehead atoms. The third kappa shape index (κ3) is 23.5. The summed E-state index contributed by atoms with van der Waals surface area (Å²) in [4.78, 5) is 13.2. The lowest BCUT2D eigenvalue weighted by Crippen LogP contribution is -2.29. The molecule has 0 aliphatic heterocycles. The fourth-order valence-corrected chi connectivity index (χ4v) is 4.38. The topological polar surface area (TPSA) is 104 Å². The van der Waals surface area contributed by atoms with Crippen LogP contribution in [0.15, 0.2) is 29.2 Å². The van der Waals surface area contributed by atoms with Crippen molar-refractivity contribution in [2.45, 2.75) is 57.9 Å². The summed E-state index contributed by atoms with van der Waals surface area (Å²) in [5.41, 5.74) is 6.44. The zero-order chi connectivity index (χ0) is 26.7. The van der Waals surface area contributed by atoms with E-state index in [-0.39, 0.29) is 10.2 Å². The molecule has 0 heterocycles. The first-order valence-electron chi connectivity index (χ1n) is 13.0.